The average Bonchev–Trinajstić information content (AvgIpc) is 2.99. The number of benzene rings is 1. The number of nitrogens with zero attached hydrogens (tertiary/aromatic N) is 3. The summed E-state index contributed by atoms with van der Waals surface area (Å²) in [4.78, 5) is 19.2. The molecular formula is C21H19F3N5O+. The van der Waals surface area contributed by atoms with Crippen LogP contribution in [0.3, 0.4) is 0 Å². The van der Waals surface area contributed by atoms with Gasteiger partial charge in [-0.2, -0.15) is 13.2 Å². The Morgan fingerprint density at radius 3 is 2.67 bits per heavy atom. The fourth-order valence-corrected chi connectivity index (χ4v) is 3.33. The lowest BCUT2D eigenvalue weighted by Crippen LogP contribution is -2.38. The maximum absolute atomic E-state index is 13.5. The highest BCUT2D eigenvalue weighted by Gasteiger charge is 2.35. The number of halogens is 3. The smallest absolute Gasteiger partial charge is 0.354 e. The van der Waals surface area contributed by atoms with Gasteiger partial charge in [-0.1, -0.05) is 0 Å². The van der Waals surface area contributed by atoms with Gasteiger partial charge in [-0.15, -0.1) is 0 Å². The van der Waals surface area contributed by atoms with Crippen molar-refractivity contribution in [1.82, 2.24) is 4.98 Å². The molecule has 30 heavy (non-hydrogen) atoms. The first kappa shape index (κ1) is 19.8. The first-order chi connectivity index (χ1) is 14.1. The molecule has 0 aliphatic carbocycles. The van der Waals surface area contributed by atoms with Crippen LogP contribution in [0.1, 0.15) is 5.56 Å². The van der Waals surface area contributed by atoms with E-state index in [1.807, 2.05) is 26.4 Å². The molecule has 1 aromatic heterocycles. The Kier molecular flexibility index (Phi) is 4.70. The zero-order chi connectivity index (χ0) is 21.5. The van der Waals surface area contributed by atoms with Crippen molar-refractivity contribution < 1.29 is 22.4 Å². The summed E-state index contributed by atoms with van der Waals surface area (Å²) in [6.07, 6.45) is 3.19. The third kappa shape index (κ3) is 4.25. The Labute approximate surface area is 170 Å². The molecule has 2 aliphatic heterocycles. The van der Waals surface area contributed by atoms with Crippen LogP contribution in [0.5, 0.6) is 0 Å². The van der Waals surface area contributed by atoms with Gasteiger partial charge in [0.15, 0.2) is 0 Å². The minimum Gasteiger partial charge on any atom is -0.354 e. The number of hydrogen-bond acceptors (Lipinski definition) is 4. The van der Waals surface area contributed by atoms with E-state index in [9.17, 15) is 18.0 Å². The van der Waals surface area contributed by atoms with Gasteiger partial charge in [-0.25, -0.2) is 9.98 Å². The van der Waals surface area contributed by atoms with E-state index in [-0.39, 0.29) is 17.4 Å². The second-order valence-electron chi connectivity index (χ2n) is 7.70. The van der Waals surface area contributed by atoms with E-state index in [0.717, 1.165) is 6.20 Å². The fourth-order valence-electron chi connectivity index (χ4n) is 3.33. The Hall–Kier alpha value is -3.46. The lowest BCUT2D eigenvalue weighted by Gasteiger charge is -2.29. The summed E-state index contributed by atoms with van der Waals surface area (Å²) < 4.78 is 41.1. The van der Waals surface area contributed by atoms with Crippen LogP contribution in [0.4, 0.5) is 30.4 Å². The summed E-state index contributed by atoms with van der Waals surface area (Å²) in [6.45, 7) is 0.525. The van der Waals surface area contributed by atoms with Crippen LogP contribution >= 0.6 is 0 Å². The third-order valence-electron chi connectivity index (χ3n) is 4.68. The van der Waals surface area contributed by atoms with Crippen LogP contribution in [-0.4, -0.2) is 36.0 Å². The largest absolute Gasteiger partial charge is 0.419 e. The van der Waals surface area contributed by atoms with Crippen molar-refractivity contribution in [3.05, 3.63) is 70.7 Å². The topological polar surface area (TPSA) is 66.4 Å². The number of rotatable bonds is 4. The molecule has 4 rings (SSSR count). The number of hydrogen-bond donors (Lipinski definition) is 2. The van der Waals surface area contributed by atoms with Gasteiger partial charge in [0.25, 0.3) is 5.91 Å². The molecule has 1 amide bonds. The van der Waals surface area contributed by atoms with Gasteiger partial charge in [-0.05, 0) is 30.4 Å². The second-order valence-corrected chi connectivity index (χ2v) is 7.70. The molecule has 2 aromatic rings. The summed E-state index contributed by atoms with van der Waals surface area (Å²) in [7, 11) is 3.91. The number of likely N-dealkylation sites (N-methyl/N-ethyl adjacent to an activating group) is 1. The number of pyridine rings is 1. The minimum absolute atomic E-state index is 0.0838. The van der Waals surface area contributed by atoms with Crippen molar-refractivity contribution in [2.24, 2.45) is 4.99 Å². The molecule has 3 heterocycles. The van der Waals surface area contributed by atoms with Gasteiger partial charge >= 0.3 is 6.18 Å². The Morgan fingerprint density at radius 1 is 1.13 bits per heavy atom. The molecule has 0 bridgehead atoms. The number of carbonyl (C=O) groups is 1. The standard InChI is InChI=1S/C21H18F3N5O/c1-29(2)7-3-4-15(12-29)26-18-10-19(25-11-16(18)21(22,23)24)27-14-5-6-17-13(8-14)9-20(30)28-17/h3-11H,12H2,1-2H3,(H-,25,26,27,30)/p+1. The van der Waals surface area contributed by atoms with Gasteiger partial charge in [0, 0.05) is 29.2 Å². The number of aromatic nitrogens is 1. The molecule has 0 unspecified atom stereocenters. The molecule has 0 atom stereocenters. The molecule has 154 valence electrons. The molecule has 2 N–H and O–H groups in total. The number of alkyl halides is 3. The maximum atomic E-state index is 13.5. The van der Waals surface area contributed by atoms with Gasteiger partial charge < -0.3 is 10.6 Å². The van der Waals surface area contributed by atoms with Gasteiger partial charge in [0.2, 0.25) is 0 Å². The van der Waals surface area contributed by atoms with Crippen LogP contribution in [0.2, 0.25) is 0 Å². The lowest BCUT2D eigenvalue weighted by molar-refractivity contribution is -0.834. The first-order valence-electron chi connectivity index (χ1n) is 9.16. The fraction of sp³-hybridized carbons (Fsp3) is 0.190. The summed E-state index contributed by atoms with van der Waals surface area (Å²) in [5, 5.41) is 7.11. The Bertz CT molecular complexity index is 1210. The number of allylic oxidation sites excluding steroid dienone is 2. The van der Waals surface area contributed by atoms with E-state index in [2.05, 4.69) is 20.6 Å². The first-order valence-corrected chi connectivity index (χ1v) is 9.16. The van der Waals surface area contributed by atoms with Crippen molar-refractivity contribution >= 4 is 29.2 Å². The molecular weight excluding hydrogens is 395 g/mol. The highest BCUT2D eigenvalue weighted by atomic mass is 19.4. The van der Waals surface area contributed by atoms with E-state index in [1.165, 1.54) is 12.1 Å². The molecule has 0 fully saturated rings. The quantitative estimate of drug-likeness (QED) is 0.755. The van der Waals surface area contributed by atoms with Crippen LogP contribution < -0.4 is 21.2 Å². The molecule has 2 aliphatic rings. The summed E-state index contributed by atoms with van der Waals surface area (Å²) >= 11 is 0. The van der Waals surface area contributed by atoms with Crippen molar-refractivity contribution in [1.29, 1.82) is 0 Å². The number of carbonyl (C=O) groups excluding carboxylic acids is 1. The number of anilines is 3. The van der Waals surface area contributed by atoms with Crippen LogP contribution in [0.25, 0.3) is 6.08 Å². The summed E-state index contributed by atoms with van der Waals surface area (Å²) in [5.74, 6) is -0.0927. The number of fused-ring (bicyclic) bond motifs is 1. The monoisotopic (exact) mass is 414 g/mol. The van der Waals surface area contributed by atoms with Crippen LogP contribution in [-0.2, 0) is 11.0 Å². The lowest BCUT2D eigenvalue weighted by atomic mass is 10.2. The number of amides is 1. The zero-order valence-corrected chi connectivity index (χ0v) is 16.3. The predicted octanol–water partition coefficient (Wildman–Crippen LogP) is 2.68. The summed E-state index contributed by atoms with van der Waals surface area (Å²) in [5.41, 5.74) is 0.322. The van der Waals surface area contributed by atoms with Crippen molar-refractivity contribution in [2.45, 2.75) is 6.18 Å². The highest BCUT2D eigenvalue weighted by Crippen LogP contribution is 2.36. The maximum Gasteiger partial charge on any atom is 0.419 e. The van der Waals surface area contributed by atoms with E-state index in [1.54, 1.807) is 24.3 Å². The molecule has 6 nitrogen and oxygen atoms in total. The zero-order valence-electron chi connectivity index (χ0n) is 16.3. The van der Waals surface area contributed by atoms with E-state index in [4.69, 9.17) is 0 Å². The molecule has 0 saturated heterocycles. The van der Waals surface area contributed by atoms with E-state index < -0.39 is 11.7 Å². The van der Waals surface area contributed by atoms with Crippen molar-refractivity contribution in [2.75, 3.05) is 31.3 Å². The average molecular weight is 414 g/mol. The predicted molar refractivity (Wildman–Crippen MR) is 107 cm³/mol. The molecule has 0 radical (unpaired) electrons. The minimum atomic E-state index is -4.55. The second kappa shape index (κ2) is 7.10. The van der Waals surface area contributed by atoms with Crippen LogP contribution in [0.15, 0.2) is 59.5 Å². The highest BCUT2D eigenvalue weighted by molar-refractivity contribution is 6.06. The normalized spacial score (nSPS) is 17.0. The molecule has 1 aromatic carbocycles. The van der Waals surface area contributed by atoms with Gasteiger partial charge in [-0.3, -0.25) is 9.28 Å². The molecule has 0 spiro atoms. The number of nitrogens with one attached hydrogen (secondary N) is 2. The van der Waals surface area contributed by atoms with Crippen molar-refractivity contribution in [3.8, 4) is 0 Å². The van der Waals surface area contributed by atoms with Crippen LogP contribution in [0, 0.1) is 0 Å². The molecule has 9 heteroatoms. The SMILES string of the molecule is C[N+]1(C)C=CC=C(Nc2cc(Nc3ccc4c(c3)=CC(=O)N=4)ncc2C(F)(F)F)C1. The van der Waals surface area contributed by atoms with Gasteiger partial charge in [0.1, 0.15) is 12.4 Å². The third-order valence-corrected chi connectivity index (χ3v) is 4.68. The van der Waals surface area contributed by atoms with Crippen molar-refractivity contribution in [3.63, 3.8) is 0 Å². The van der Waals surface area contributed by atoms with E-state index >= 15 is 0 Å². The molecule has 0 saturated carbocycles. The summed E-state index contributed by atoms with van der Waals surface area (Å²) in [6, 6.07) is 6.39. The van der Waals surface area contributed by atoms with E-state index in [0.29, 0.717) is 33.0 Å². The Morgan fingerprint density at radius 2 is 1.93 bits per heavy atom. The number of quaternary nitrogens is 1. The Balaban J connectivity index is 1.65. The van der Waals surface area contributed by atoms with Gasteiger partial charge in [0.05, 0.1) is 42.6 Å².